The topological polar surface area (TPSA) is 95.0 Å². The number of carboxylic acids is 1. The molecule has 7 nitrogen and oxygen atoms in total. The molecule has 0 spiro atoms. The number of aryl methyl sites for hydroxylation is 1. The zero-order valence-electron chi connectivity index (χ0n) is 16.1. The van der Waals surface area contributed by atoms with Crippen LogP contribution in [0.3, 0.4) is 0 Å². The van der Waals surface area contributed by atoms with Crippen LogP contribution >= 0.6 is 0 Å². The Bertz CT molecular complexity index is 787. The van der Waals surface area contributed by atoms with Crippen molar-refractivity contribution in [3.63, 3.8) is 0 Å². The molecule has 0 aliphatic carbocycles. The largest absolute Gasteiger partial charge is 0.481 e. The van der Waals surface area contributed by atoms with Crippen molar-refractivity contribution in [2.24, 2.45) is 5.41 Å². The van der Waals surface area contributed by atoms with Gasteiger partial charge in [-0.25, -0.2) is 8.42 Å². The van der Waals surface area contributed by atoms with E-state index >= 15 is 0 Å². The van der Waals surface area contributed by atoms with E-state index in [2.05, 4.69) is 0 Å². The number of sulfonamides is 1. The molecule has 1 amide bonds. The van der Waals surface area contributed by atoms with Gasteiger partial charge in [0.05, 0.1) is 10.3 Å². The SMILES string of the molecule is CCN(CC)S(=O)(=O)c1ccc(CCC(=O)N2CC[C@@](C)(C(=O)O)C2)cc1. The van der Waals surface area contributed by atoms with Crippen molar-refractivity contribution in [2.75, 3.05) is 26.2 Å². The Hall–Kier alpha value is -1.93. The molecule has 150 valence electrons. The third kappa shape index (κ3) is 4.68. The Morgan fingerprint density at radius 3 is 2.26 bits per heavy atom. The first kappa shape index (κ1) is 21.4. The van der Waals surface area contributed by atoms with E-state index in [0.717, 1.165) is 5.56 Å². The summed E-state index contributed by atoms with van der Waals surface area (Å²) in [6.45, 7) is 6.80. The van der Waals surface area contributed by atoms with E-state index in [-0.39, 0.29) is 23.8 Å². The zero-order chi connectivity index (χ0) is 20.2. The van der Waals surface area contributed by atoms with Crippen LogP contribution in [0.5, 0.6) is 0 Å². The van der Waals surface area contributed by atoms with Crippen LogP contribution < -0.4 is 0 Å². The van der Waals surface area contributed by atoms with E-state index in [1.54, 1.807) is 49.9 Å². The number of hydrogen-bond donors (Lipinski definition) is 1. The summed E-state index contributed by atoms with van der Waals surface area (Å²) in [4.78, 5) is 25.5. The molecule has 1 aromatic rings. The van der Waals surface area contributed by atoms with Gasteiger partial charge in [0.2, 0.25) is 15.9 Å². The second kappa shape index (κ2) is 8.39. The summed E-state index contributed by atoms with van der Waals surface area (Å²) in [7, 11) is -3.48. The Labute approximate surface area is 161 Å². The predicted octanol–water partition coefficient (Wildman–Crippen LogP) is 1.97. The maximum Gasteiger partial charge on any atom is 0.311 e. The van der Waals surface area contributed by atoms with E-state index in [1.165, 1.54) is 4.31 Å². The molecule has 2 rings (SSSR count). The predicted molar refractivity (Wildman–Crippen MR) is 102 cm³/mol. The number of hydrogen-bond acceptors (Lipinski definition) is 4. The fourth-order valence-electron chi connectivity index (χ4n) is 3.30. The van der Waals surface area contributed by atoms with E-state index < -0.39 is 21.4 Å². The molecule has 0 bridgehead atoms. The fraction of sp³-hybridized carbons (Fsp3) is 0.579. The van der Waals surface area contributed by atoms with Crippen molar-refractivity contribution < 1.29 is 23.1 Å². The van der Waals surface area contributed by atoms with Gasteiger partial charge in [0, 0.05) is 32.6 Å². The number of amides is 1. The Morgan fingerprint density at radius 1 is 1.19 bits per heavy atom. The number of carboxylic acid groups (broad SMARTS) is 1. The first-order valence-corrected chi connectivity index (χ1v) is 10.7. The second-order valence-corrected chi connectivity index (χ2v) is 9.10. The summed E-state index contributed by atoms with van der Waals surface area (Å²) < 4.78 is 26.4. The number of likely N-dealkylation sites (tertiary alicyclic amines) is 1. The smallest absolute Gasteiger partial charge is 0.311 e. The molecule has 1 aliphatic heterocycles. The van der Waals surface area contributed by atoms with Crippen molar-refractivity contribution in [2.45, 2.75) is 44.9 Å². The molecular weight excluding hydrogens is 368 g/mol. The average Bonchev–Trinajstić information content (AvgIpc) is 3.05. The minimum Gasteiger partial charge on any atom is -0.481 e. The highest BCUT2D eigenvalue weighted by Gasteiger charge is 2.41. The summed E-state index contributed by atoms with van der Waals surface area (Å²) in [5.74, 6) is -0.942. The van der Waals surface area contributed by atoms with E-state index in [9.17, 15) is 23.1 Å². The lowest BCUT2D eigenvalue weighted by Crippen LogP contribution is -2.34. The molecule has 0 radical (unpaired) electrons. The summed E-state index contributed by atoms with van der Waals surface area (Å²) in [6.07, 6.45) is 1.23. The summed E-state index contributed by atoms with van der Waals surface area (Å²) in [5, 5.41) is 9.26. The third-order valence-corrected chi connectivity index (χ3v) is 7.30. The molecule has 1 aliphatic rings. The molecule has 1 aromatic carbocycles. The molecule has 1 fully saturated rings. The van der Waals surface area contributed by atoms with Crippen molar-refractivity contribution in [3.05, 3.63) is 29.8 Å². The van der Waals surface area contributed by atoms with Gasteiger partial charge in [-0.3, -0.25) is 9.59 Å². The van der Waals surface area contributed by atoms with E-state index in [4.69, 9.17) is 0 Å². The number of aliphatic carboxylic acids is 1. The summed E-state index contributed by atoms with van der Waals surface area (Å²) in [6, 6.07) is 6.61. The van der Waals surface area contributed by atoms with Crippen LogP contribution in [-0.2, 0) is 26.0 Å². The maximum absolute atomic E-state index is 12.5. The highest BCUT2D eigenvalue weighted by molar-refractivity contribution is 7.89. The molecule has 0 saturated carbocycles. The van der Waals surface area contributed by atoms with Crippen LogP contribution in [0.15, 0.2) is 29.2 Å². The van der Waals surface area contributed by atoms with Crippen LogP contribution in [0, 0.1) is 5.41 Å². The zero-order valence-corrected chi connectivity index (χ0v) is 17.0. The van der Waals surface area contributed by atoms with Gasteiger partial charge in [-0.05, 0) is 37.5 Å². The van der Waals surface area contributed by atoms with Gasteiger partial charge in [-0.2, -0.15) is 4.31 Å². The average molecular weight is 397 g/mol. The normalized spacial score (nSPS) is 20.2. The van der Waals surface area contributed by atoms with Crippen LogP contribution in [0.4, 0.5) is 0 Å². The lowest BCUT2D eigenvalue weighted by atomic mass is 9.90. The van der Waals surface area contributed by atoms with Crippen LogP contribution in [-0.4, -0.2) is 60.8 Å². The van der Waals surface area contributed by atoms with E-state index in [1.807, 2.05) is 0 Å². The summed E-state index contributed by atoms with van der Waals surface area (Å²) >= 11 is 0. The molecule has 8 heteroatoms. The van der Waals surface area contributed by atoms with Gasteiger partial charge >= 0.3 is 5.97 Å². The molecule has 0 aromatic heterocycles. The minimum absolute atomic E-state index is 0.0696. The number of rotatable bonds is 8. The Balaban J connectivity index is 1.96. The second-order valence-electron chi connectivity index (χ2n) is 7.16. The maximum atomic E-state index is 12.5. The lowest BCUT2D eigenvalue weighted by molar-refractivity contribution is -0.147. The quantitative estimate of drug-likeness (QED) is 0.725. The number of carbonyl (C=O) groups is 2. The van der Waals surface area contributed by atoms with Crippen molar-refractivity contribution >= 4 is 21.9 Å². The molecule has 1 N–H and O–H groups in total. The number of nitrogens with zero attached hydrogens (tertiary/aromatic N) is 2. The first-order chi connectivity index (χ1) is 12.6. The van der Waals surface area contributed by atoms with Crippen LogP contribution in [0.1, 0.15) is 39.2 Å². The van der Waals surface area contributed by atoms with Gasteiger partial charge in [-0.15, -0.1) is 0 Å². The van der Waals surface area contributed by atoms with Gasteiger partial charge in [0.25, 0.3) is 0 Å². The van der Waals surface area contributed by atoms with Crippen molar-refractivity contribution in [3.8, 4) is 0 Å². The fourth-order valence-corrected chi connectivity index (χ4v) is 4.76. The molecule has 1 atom stereocenters. The monoisotopic (exact) mass is 396 g/mol. The van der Waals surface area contributed by atoms with Crippen molar-refractivity contribution in [1.82, 2.24) is 9.21 Å². The molecular formula is C19H28N2O5S. The molecule has 1 saturated heterocycles. The van der Waals surface area contributed by atoms with Crippen LogP contribution in [0.25, 0.3) is 0 Å². The molecule has 0 unspecified atom stereocenters. The highest BCUT2D eigenvalue weighted by Crippen LogP contribution is 2.30. The van der Waals surface area contributed by atoms with E-state index in [0.29, 0.717) is 32.5 Å². The van der Waals surface area contributed by atoms with Gasteiger partial charge in [0.1, 0.15) is 0 Å². The molecule has 27 heavy (non-hydrogen) atoms. The first-order valence-electron chi connectivity index (χ1n) is 9.24. The van der Waals surface area contributed by atoms with Gasteiger partial charge in [0.15, 0.2) is 0 Å². The standard InChI is InChI=1S/C19H28N2O5S/c1-4-21(5-2)27(25,26)16-9-6-15(7-10-16)8-11-17(22)20-13-12-19(3,14-20)18(23)24/h6-7,9-10H,4-5,8,11-14H2,1-3H3,(H,23,24)/t19-/m1/s1. The lowest BCUT2D eigenvalue weighted by Gasteiger charge is -2.20. The third-order valence-electron chi connectivity index (χ3n) is 5.24. The highest BCUT2D eigenvalue weighted by atomic mass is 32.2. The summed E-state index contributed by atoms with van der Waals surface area (Å²) in [5.41, 5.74) is 0.0119. The van der Waals surface area contributed by atoms with Crippen molar-refractivity contribution in [1.29, 1.82) is 0 Å². The number of benzene rings is 1. The Kier molecular flexibility index (Phi) is 6.64. The molecule has 1 heterocycles. The number of carbonyl (C=O) groups excluding carboxylic acids is 1. The minimum atomic E-state index is -3.48. The van der Waals surface area contributed by atoms with Gasteiger partial charge in [-0.1, -0.05) is 26.0 Å². The van der Waals surface area contributed by atoms with Crippen LogP contribution in [0.2, 0.25) is 0 Å². The van der Waals surface area contributed by atoms with Gasteiger partial charge < -0.3 is 10.0 Å². The Morgan fingerprint density at radius 2 is 1.78 bits per heavy atom.